The molecule has 84 valence electrons. The molecule has 0 amide bonds. The summed E-state index contributed by atoms with van der Waals surface area (Å²) in [7, 11) is -3.86. The van der Waals surface area contributed by atoms with Crippen molar-refractivity contribution in [2.24, 2.45) is 5.92 Å². The predicted molar refractivity (Wildman–Crippen MR) is 55.6 cm³/mol. The molecule has 0 aromatic carbocycles. The lowest BCUT2D eigenvalue weighted by Crippen LogP contribution is -2.08. The van der Waals surface area contributed by atoms with E-state index in [1.54, 1.807) is 0 Å². The van der Waals surface area contributed by atoms with Crippen LogP contribution in [0.4, 0.5) is 0 Å². The standard InChI is InChI=1S/C9H18O4S/c1-4-8(2)9(3)13-6-5-7-14(10,11)12/h8H,3-7H2,1-2H3,(H,10,11,12). The summed E-state index contributed by atoms with van der Waals surface area (Å²) in [5.41, 5.74) is 0. The molecule has 0 aliphatic carbocycles. The van der Waals surface area contributed by atoms with Crippen LogP contribution in [0.5, 0.6) is 0 Å². The van der Waals surface area contributed by atoms with Crippen molar-refractivity contribution in [1.82, 2.24) is 0 Å². The van der Waals surface area contributed by atoms with E-state index in [-0.39, 0.29) is 24.7 Å². The van der Waals surface area contributed by atoms with Crippen LogP contribution in [0.1, 0.15) is 26.7 Å². The smallest absolute Gasteiger partial charge is 0.264 e. The molecule has 5 heteroatoms. The van der Waals surface area contributed by atoms with Gasteiger partial charge in [-0.05, 0) is 12.8 Å². The molecular weight excluding hydrogens is 204 g/mol. The summed E-state index contributed by atoms with van der Waals surface area (Å²) < 4.78 is 34.3. The van der Waals surface area contributed by atoms with E-state index in [1.165, 1.54) is 0 Å². The van der Waals surface area contributed by atoms with Gasteiger partial charge in [0.2, 0.25) is 0 Å². The highest BCUT2D eigenvalue weighted by Crippen LogP contribution is 2.13. The quantitative estimate of drug-likeness (QED) is 0.405. The molecule has 0 radical (unpaired) electrons. The van der Waals surface area contributed by atoms with E-state index >= 15 is 0 Å². The van der Waals surface area contributed by atoms with E-state index in [2.05, 4.69) is 6.58 Å². The van der Waals surface area contributed by atoms with Gasteiger partial charge in [-0.15, -0.1) is 0 Å². The number of hydrogen-bond acceptors (Lipinski definition) is 3. The molecule has 0 spiro atoms. The van der Waals surface area contributed by atoms with Gasteiger partial charge in [0.15, 0.2) is 0 Å². The summed E-state index contributed by atoms with van der Waals surface area (Å²) in [6.07, 6.45) is 1.23. The fourth-order valence-electron chi connectivity index (χ4n) is 0.815. The van der Waals surface area contributed by atoms with Crippen molar-refractivity contribution in [2.75, 3.05) is 12.4 Å². The maximum atomic E-state index is 10.3. The Morgan fingerprint density at radius 3 is 2.57 bits per heavy atom. The molecule has 0 saturated heterocycles. The summed E-state index contributed by atoms with van der Waals surface area (Å²) in [5, 5.41) is 0. The molecule has 1 unspecified atom stereocenters. The number of rotatable bonds is 7. The maximum absolute atomic E-state index is 10.3. The zero-order valence-electron chi connectivity index (χ0n) is 8.69. The molecule has 1 N–H and O–H groups in total. The van der Waals surface area contributed by atoms with Crippen molar-refractivity contribution in [3.63, 3.8) is 0 Å². The first-order valence-corrected chi connectivity index (χ1v) is 6.24. The fourth-order valence-corrected chi connectivity index (χ4v) is 1.30. The van der Waals surface area contributed by atoms with Crippen LogP contribution >= 0.6 is 0 Å². The Hall–Kier alpha value is -0.550. The van der Waals surface area contributed by atoms with Gasteiger partial charge >= 0.3 is 0 Å². The Bertz CT molecular complexity index is 269. The second kappa shape index (κ2) is 6.03. The number of allylic oxidation sites excluding steroid dienone is 1. The Kier molecular flexibility index (Phi) is 5.79. The van der Waals surface area contributed by atoms with Crippen LogP contribution in [0.2, 0.25) is 0 Å². The van der Waals surface area contributed by atoms with Crippen LogP contribution in [0.3, 0.4) is 0 Å². The van der Waals surface area contributed by atoms with Crippen LogP contribution in [0, 0.1) is 5.92 Å². The van der Waals surface area contributed by atoms with Gasteiger partial charge in [-0.25, -0.2) is 0 Å². The van der Waals surface area contributed by atoms with Crippen molar-refractivity contribution in [3.05, 3.63) is 12.3 Å². The van der Waals surface area contributed by atoms with E-state index in [0.717, 1.165) is 6.42 Å². The van der Waals surface area contributed by atoms with Crippen molar-refractivity contribution in [3.8, 4) is 0 Å². The van der Waals surface area contributed by atoms with E-state index in [0.29, 0.717) is 5.76 Å². The van der Waals surface area contributed by atoms with Crippen LogP contribution in [0.25, 0.3) is 0 Å². The van der Waals surface area contributed by atoms with Crippen LogP contribution in [0.15, 0.2) is 12.3 Å². The predicted octanol–water partition coefficient (Wildman–Crippen LogP) is 1.84. The van der Waals surface area contributed by atoms with Gasteiger partial charge in [0.1, 0.15) is 0 Å². The first-order valence-electron chi connectivity index (χ1n) is 4.63. The third-order valence-electron chi connectivity index (χ3n) is 2.00. The Balaban J connectivity index is 3.61. The summed E-state index contributed by atoms with van der Waals surface area (Å²) >= 11 is 0. The van der Waals surface area contributed by atoms with Gasteiger partial charge in [-0.2, -0.15) is 8.42 Å². The molecule has 0 bridgehead atoms. The van der Waals surface area contributed by atoms with Crippen molar-refractivity contribution in [2.45, 2.75) is 26.7 Å². The largest absolute Gasteiger partial charge is 0.498 e. The first-order chi connectivity index (χ1) is 6.37. The fraction of sp³-hybridized carbons (Fsp3) is 0.778. The maximum Gasteiger partial charge on any atom is 0.264 e. The highest BCUT2D eigenvalue weighted by Gasteiger charge is 2.07. The lowest BCUT2D eigenvalue weighted by Gasteiger charge is -2.13. The minimum atomic E-state index is -3.86. The van der Waals surface area contributed by atoms with E-state index in [1.807, 2.05) is 13.8 Å². The monoisotopic (exact) mass is 222 g/mol. The molecule has 4 nitrogen and oxygen atoms in total. The summed E-state index contributed by atoms with van der Waals surface area (Å²) in [4.78, 5) is 0. The molecule has 14 heavy (non-hydrogen) atoms. The first kappa shape index (κ1) is 13.4. The molecule has 0 aliphatic rings. The van der Waals surface area contributed by atoms with Gasteiger partial charge in [-0.1, -0.05) is 20.4 Å². The molecular formula is C9H18O4S. The van der Waals surface area contributed by atoms with Gasteiger partial charge in [0, 0.05) is 5.92 Å². The molecule has 0 heterocycles. The number of hydrogen-bond donors (Lipinski definition) is 1. The third-order valence-corrected chi connectivity index (χ3v) is 2.80. The molecule has 0 aliphatic heterocycles. The normalized spacial score (nSPS) is 13.6. The van der Waals surface area contributed by atoms with E-state index in [9.17, 15) is 8.42 Å². The van der Waals surface area contributed by atoms with E-state index < -0.39 is 10.1 Å². The molecule has 0 aromatic heterocycles. The lowest BCUT2D eigenvalue weighted by atomic mass is 10.1. The summed E-state index contributed by atoms with van der Waals surface area (Å²) in [5.74, 6) is 0.685. The Morgan fingerprint density at radius 2 is 2.14 bits per heavy atom. The molecule has 0 saturated carbocycles. The van der Waals surface area contributed by atoms with Gasteiger partial charge in [0.25, 0.3) is 10.1 Å². The second-order valence-electron chi connectivity index (χ2n) is 3.26. The third kappa shape index (κ3) is 6.91. The molecule has 1 atom stereocenters. The van der Waals surface area contributed by atoms with Crippen molar-refractivity contribution >= 4 is 10.1 Å². The zero-order chi connectivity index (χ0) is 11.2. The average Bonchev–Trinajstić information content (AvgIpc) is 2.09. The SMILES string of the molecule is C=C(OCCCS(=O)(=O)O)C(C)CC. The van der Waals surface area contributed by atoms with Crippen LogP contribution < -0.4 is 0 Å². The number of ether oxygens (including phenoxy) is 1. The van der Waals surface area contributed by atoms with Gasteiger partial charge in [-0.3, -0.25) is 4.55 Å². The highest BCUT2D eigenvalue weighted by molar-refractivity contribution is 7.85. The topological polar surface area (TPSA) is 63.6 Å². The van der Waals surface area contributed by atoms with Gasteiger partial charge in [0.05, 0.1) is 18.1 Å². The van der Waals surface area contributed by atoms with Gasteiger partial charge < -0.3 is 4.74 Å². The summed E-state index contributed by atoms with van der Waals surface area (Å²) in [6, 6.07) is 0. The Labute approximate surface area is 85.7 Å². The zero-order valence-corrected chi connectivity index (χ0v) is 9.51. The lowest BCUT2D eigenvalue weighted by molar-refractivity contribution is 0.181. The molecule has 0 fully saturated rings. The van der Waals surface area contributed by atoms with Crippen LogP contribution in [-0.4, -0.2) is 25.3 Å². The van der Waals surface area contributed by atoms with Crippen LogP contribution in [-0.2, 0) is 14.9 Å². The van der Waals surface area contributed by atoms with E-state index in [4.69, 9.17) is 9.29 Å². The summed E-state index contributed by atoms with van der Waals surface area (Å²) in [6.45, 7) is 8.02. The minimum Gasteiger partial charge on any atom is -0.498 e. The highest BCUT2D eigenvalue weighted by atomic mass is 32.2. The van der Waals surface area contributed by atoms with Crippen molar-refractivity contribution in [1.29, 1.82) is 0 Å². The molecule has 0 rings (SSSR count). The van der Waals surface area contributed by atoms with Crippen molar-refractivity contribution < 1.29 is 17.7 Å². The molecule has 0 aromatic rings. The minimum absolute atomic E-state index is 0.263. The Morgan fingerprint density at radius 1 is 1.57 bits per heavy atom. The average molecular weight is 222 g/mol. The second-order valence-corrected chi connectivity index (χ2v) is 4.84.